The minimum Gasteiger partial charge on any atom is -0.352 e. The topological polar surface area (TPSA) is 86.8 Å². The Morgan fingerprint density at radius 3 is 2.14 bits per heavy atom. The number of hydrogen-bond acceptors (Lipinski definition) is 4. The number of amides is 2. The van der Waals surface area contributed by atoms with Crippen molar-refractivity contribution in [1.29, 1.82) is 0 Å². The molecule has 0 spiro atoms. The fraction of sp³-hybridized carbons (Fsp3) is 0.286. The molecular weight excluding hydrogens is 510 g/mol. The van der Waals surface area contributed by atoms with Gasteiger partial charge in [-0.3, -0.25) is 13.9 Å². The highest BCUT2D eigenvalue weighted by Crippen LogP contribution is 2.26. The molecule has 0 saturated heterocycles. The lowest BCUT2D eigenvalue weighted by Crippen LogP contribution is -2.52. The summed E-state index contributed by atoms with van der Waals surface area (Å²) < 4.78 is 28.4. The first-order valence-electron chi connectivity index (χ1n) is 12.1. The van der Waals surface area contributed by atoms with Gasteiger partial charge in [0.1, 0.15) is 12.6 Å². The van der Waals surface area contributed by atoms with Gasteiger partial charge >= 0.3 is 0 Å². The van der Waals surface area contributed by atoms with Gasteiger partial charge in [-0.1, -0.05) is 73.1 Å². The Kier molecular flexibility index (Phi) is 9.72. The van der Waals surface area contributed by atoms with Crippen LogP contribution in [0.5, 0.6) is 0 Å². The van der Waals surface area contributed by atoms with Gasteiger partial charge in [-0.05, 0) is 56.2 Å². The first kappa shape index (κ1) is 28.2. The molecule has 3 rings (SSSR count). The zero-order chi connectivity index (χ0) is 27.0. The number of nitrogens with zero attached hydrogens (tertiary/aromatic N) is 2. The molecule has 0 aliphatic carbocycles. The van der Waals surface area contributed by atoms with Gasteiger partial charge in [0.25, 0.3) is 10.0 Å². The maximum Gasteiger partial charge on any atom is 0.264 e. The molecule has 0 aliphatic heterocycles. The Morgan fingerprint density at radius 1 is 0.919 bits per heavy atom. The van der Waals surface area contributed by atoms with E-state index in [1.165, 1.54) is 23.1 Å². The molecule has 0 radical (unpaired) electrons. The lowest BCUT2D eigenvalue weighted by Gasteiger charge is -2.32. The molecule has 3 aromatic carbocycles. The van der Waals surface area contributed by atoms with Gasteiger partial charge in [0.05, 0.1) is 10.6 Å². The van der Waals surface area contributed by atoms with Crippen LogP contribution in [0.4, 0.5) is 5.69 Å². The quantitative estimate of drug-likeness (QED) is 0.375. The van der Waals surface area contributed by atoms with E-state index in [1.54, 1.807) is 43.3 Å². The molecule has 0 saturated carbocycles. The van der Waals surface area contributed by atoms with E-state index in [1.807, 2.05) is 44.2 Å². The van der Waals surface area contributed by atoms with Gasteiger partial charge in [0, 0.05) is 17.6 Å². The fourth-order valence-electron chi connectivity index (χ4n) is 3.71. The molecule has 7 nitrogen and oxygen atoms in total. The van der Waals surface area contributed by atoms with Crippen molar-refractivity contribution in [3.8, 4) is 0 Å². The third-order valence-corrected chi connectivity index (χ3v) is 8.09. The third kappa shape index (κ3) is 7.33. The van der Waals surface area contributed by atoms with Gasteiger partial charge in [0.2, 0.25) is 11.8 Å². The van der Waals surface area contributed by atoms with E-state index in [2.05, 4.69) is 5.32 Å². The van der Waals surface area contributed by atoms with Gasteiger partial charge in [-0.2, -0.15) is 0 Å². The standard InChI is InChI=1S/C28H32ClN3O4S/c1-4-21(2)30-28(34)22(3)31(19-23-12-7-5-8-13-23)27(33)20-32(25-15-11-14-24(29)18-25)37(35,36)26-16-9-6-10-17-26/h5-18,21-22H,4,19-20H2,1-3H3,(H,30,34)/t21-,22+/m0/s1. The van der Waals surface area contributed by atoms with Crippen molar-refractivity contribution in [1.82, 2.24) is 10.2 Å². The van der Waals surface area contributed by atoms with Crippen molar-refractivity contribution in [2.24, 2.45) is 0 Å². The Hall–Kier alpha value is -3.36. The van der Waals surface area contributed by atoms with Crippen LogP contribution in [0.2, 0.25) is 5.02 Å². The number of anilines is 1. The van der Waals surface area contributed by atoms with Crippen molar-refractivity contribution >= 4 is 39.1 Å². The van der Waals surface area contributed by atoms with Crippen molar-refractivity contribution in [2.75, 3.05) is 10.8 Å². The zero-order valence-electron chi connectivity index (χ0n) is 21.2. The Bertz CT molecular complexity index is 1300. The monoisotopic (exact) mass is 541 g/mol. The summed E-state index contributed by atoms with van der Waals surface area (Å²) in [6.45, 7) is 5.13. The molecule has 196 valence electrons. The van der Waals surface area contributed by atoms with E-state index in [0.717, 1.165) is 16.3 Å². The summed E-state index contributed by atoms with van der Waals surface area (Å²) in [4.78, 5) is 28.3. The summed E-state index contributed by atoms with van der Waals surface area (Å²) in [6, 6.07) is 22.6. The third-order valence-electron chi connectivity index (χ3n) is 6.07. The normalized spacial score (nSPS) is 12.9. The predicted octanol–water partition coefficient (Wildman–Crippen LogP) is 4.87. The molecule has 2 amide bonds. The van der Waals surface area contributed by atoms with Crippen molar-refractivity contribution < 1.29 is 18.0 Å². The van der Waals surface area contributed by atoms with Crippen LogP contribution in [0.25, 0.3) is 0 Å². The summed E-state index contributed by atoms with van der Waals surface area (Å²) in [6.07, 6.45) is 0.739. The van der Waals surface area contributed by atoms with Crippen molar-refractivity contribution in [3.05, 3.63) is 95.5 Å². The molecule has 3 aromatic rings. The number of nitrogens with one attached hydrogen (secondary N) is 1. The van der Waals surface area contributed by atoms with Crippen molar-refractivity contribution in [3.63, 3.8) is 0 Å². The van der Waals surface area contributed by atoms with Crippen LogP contribution >= 0.6 is 11.6 Å². The molecule has 0 heterocycles. The number of hydrogen-bond donors (Lipinski definition) is 1. The summed E-state index contributed by atoms with van der Waals surface area (Å²) in [5.74, 6) is -0.825. The zero-order valence-corrected chi connectivity index (χ0v) is 22.7. The van der Waals surface area contributed by atoms with Crippen LogP contribution in [0.3, 0.4) is 0 Å². The number of sulfonamides is 1. The lowest BCUT2D eigenvalue weighted by molar-refractivity contribution is -0.139. The largest absolute Gasteiger partial charge is 0.352 e. The predicted molar refractivity (Wildman–Crippen MR) is 147 cm³/mol. The van der Waals surface area contributed by atoms with Gasteiger partial charge in [-0.15, -0.1) is 0 Å². The molecule has 37 heavy (non-hydrogen) atoms. The molecule has 0 aliphatic rings. The van der Waals surface area contributed by atoms with E-state index >= 15 is 0 Å². The number of benzene rings is 3. The highest BCUT2D eigenvalue weighted by atomic mass is 35.5. The van der Waals surface area contributed by atoms with E-state index in [9.17, 15) is 18.0 Å². The van der Waals surface area contributed by atoms with E-state index in [4.69, 9.17) is 11.6 Å². The summed E-state index contributed by atoms with van der Waals surface area (Å²) in [5.41, 5.74) is 1.07. The van der Waals surface area contributed by atoms with Gasteiger partial charge in [0.15, 0.2) is 0 Å². The first-order valence-corrected chi connectivity index (χ1v) is 13.9. The van der Waals surface area contributed by atoms with Crippen LogP contribution in [-0.4, -0.2) is 43.8 Å². The van der Waals surface area contributed by atoms with Crippen LogP contribution < -0.4 is 9.62 Å². The highest BCUT2D eigenvalue weighted by molar-refractivity contribution is 7.92. The minimum atomic E-state index is -4.11. The van der Waals surface area contributed by atoms with E-state index in [-0.39, 0.29) is 29.1 Å². The smallest absolute Gasteiger partial charge is 0.264 e. The maximum atomic E-state index is 13.8. The van der Waals surface area contributed by atoms with Crippen molar-refractivity contribution in [2.45, 2.75) is 50.7 Å². The fourth-order valence-corrected chi connectivity index (χ4v) is 5.32. The second kappa shape index (κ2) is 12.7. The lowest BCUT2D eigenvalue weighted by atomic mass is 10.1. The molecule has 0 unspecified atom stereocenters. The number of rotatable bonds is 11. The number of halogens is 1. The maximum absolute atomic E-state index is 13.8. The number of carbonyl (C=O) groups is 2. The SMILES string of the molecule is CC[C@H](C)NC(=O)[C@@H](C)N(Cc1ccccc1)C(=O)CN(c1cccc(Cl)c1)S(=O)(=O)c1ccccc1. The van der Waals surface area contributed by atoms with E-state index < -0.39 is 28.5 Å². The average Bonchev–Trinajstić information content (AvgIpc) is 2.90. The molecule has 9 heteroatoms. The number of carbonyl (C=O) groups excluding carboxylic acids is 2. The highest BCUT2D eigenvalue weighted by Gasteiger charge is 2.32. The van der Waals surface area contributed by atoms with Gasteiger partial charge < -0.3 is 10.2 Å². The molecular formula is C28H32ClN3O4S. The molecule has 0 aromatic heterocycles. The first-order chi connectivity index (χ1) is 17.6. The van der Waals surface area contributed by atoms with Crippen LogP contribution in [0.1, 0.15) is 32.8 Å². The summed E-state index contributed by atoms with van der Waals surface area (Å²) in [5, 5.41) is 3.25. The molecule has 2 atom stereocenters. The summed E-state index contributed by atoms with van der Waals surface area (Å²) in [7, 11) is -4.11. The molecule has 1 N–H and O–H groups in total. The molecule has 0 fully saturated rings. The van der Waals surface area contributed by atoms with Crippen LogP contribution in [-0.2, 0) is 26.2 Å². The Balaban J connectivity index is 2.00. The van der Waals surface area contributed by atoms with Crippen LogP contribution in [0.15, 0.2) is 89.8 Å². The van der Waals surface area contributed by atoms with Crippen LogP contribution in [0, 0.1) is 0 Å². The Morgan fingerprint density at radius 2 is 1.54 bits per heavy atom. The van der Waals surface area contributed by atoms with Gasteiger partial charge in [-0.25, -0.2) is 8.42 Å². The summed E-state index contributed by atoms with van der Waals surface area (Å²) >= 11 is 6.18. The average molecular weight is 542 g/mol. The second-order valence-electron chi connectivity index (χ2n) is 8.81. The molecule has 0 bridgehead atoms. The second-order valence-corrected chi connectivity index (χ2v) is 11.1. The minimum absolute atomic E-state index is 0.0416. The Labute approximate surface area is 224 Å². The van der Waals surface area contributed by atoms with E-state index in [0.29, 0.717) is 5.02 Å².